The summed E-state index contributed by atoms with van der Waals surface area (Å²) >= 11 is 1.39. The molecule has 2 N–H and O–H groups in total. The van der Waals surface area contributed by atoms with Crippen LogP contribution >= 0.6 is 11.3 Å². The number of aliphatic carboxylic acids is 1. The van der Waals surface area contributed by atoms with Crippen molar-refractivity contribution < 1.29 is 19.1 Å². The Hall–Kier alpha value is -2.36. The van der Waals surface area contributed by atoms with Crippen LogP contribution in [0.25, 0.3) is 0 Å². The number of hydrogen-bond donors (Lipinski definition) is 2. The average Bonchev–Trinajstić information content (AvgIpc) is 3.34. The first kappa shape index (κ1) is 21.4. The molecular formula is C19H26FN5O3S. The Morgan fingerprint density at radius 1 is 1.41 bits per heavy atom. The summed E-state index contributed by atoms with van der Waals surface area (Å²) in [7, 11) is 0. The van der Waals surface area contributed by atoms with E-state index in [-0.39, 0.29) is 25.3 Å². The van der Waals surface area contributed by atoms with Crippen molar-refractivity contribution in [1.82, 2.24) is 25.3 Å². The van der Waals surface area contributed by atoms with Crippen LogP contribution in [0.5, 0.6) is 0 Å². The predicted molar refractivity (Wildman–Crippen MR) is 106 cm³/mol. The quantitative estimate of drug-likeness (QED) is 0.600. The van der Waals surface area contributed by atoms with E-state index in [0.717, 1.165) is 29.2 Å². The van der Waals surface area contributed by atoms with E-state index in [2.05, 4.69) is 20.6 Å². The molecule has 2 heterocycles. The molecule has 1 aliphatic rings. The van der Waals surface area contributed by atoms with Crippen molar-refractivity contribution in [2.45, 2.75) is 64.6 Å². The van der Waals surface area contributed by atoms with Gasteiger partial charge in [-0.2, -0.15) is 0 Å². The zero-order valence-electron chi connectivity index (χ0n) is 16.7. The number of thiazole rings is 1. The van der Waals surface area contributed by atoms with E-state index < -0.39 is 17.6 Å². The van der Waals surface area contributed by atoms with Gasteiger partial charge >= 0.3 is 5.97 Å². The smallest absolute Gasteiger partial charge is 0.306 e. The lowest BCUT2D eigenvalue weighted by Crippen LogP contribution is -2.27. The van der Waals surface area contributed by atoms with Gasteiger partial charge in [0.05, 0.1) is 28.9 Å². The molecule has 3 rings (SSSR count). The lowest BCUT2D eigenvalue weighted by atomic mass is 10.0. The lowest BCUT2D eigenvalue weighted by molar-refractivity contribution is -0.141. The van der Waals surface area contributed by atoms with Crippen LogP contribution < -0.4 is 5.32 Å². The van der Waals surface area contributed by atoms with Crippen LogP contribution in [0.15, 0.2) is 6.20 Å². The molecule has 0 unspecified atom stereocenters. The normalized spacial score (nSPS) is 21.4. The third kappa shape index (κ3) is 5.59. The van der Waals surface area contributed by atoms with Gasteiger partial charge in [0, 0.05) is 12.7 Å². The Morgan fingerprint density at radius 3 is 2.86 bits per heavy atom. The summed E-state index contributed by atoms with van der Waals surface area (Å²) in [5, 5.41) is 20.9. The lowest BCUT2D eigenvalue weighted by Gasteiger charge is -2.18. The number of rotatable bonds is 9. The van der Waals surface area contributed by atoms with Crippen LogP contribution in [-0.2, 0) is 17.8 Å². The second-order valence-corrected chi connectivity index (χ2v) is 8.90. The van der Waals surface area contributed by atoms with Crippen LogP contribution in [0, 0.1) is 19.8 Å². The average molecular weight is 424 g/mol. The fraction of sp³-hybridized carbons (Fsp3) is 0.632. The number of nitrogens with one attached hydrogen (secondary N) is 1. The molecular weight excluding hydrogens is 397 g/mol. The fourth-order valence-corrected chi connectivity index (χ4v) is 4.55. The van der Waals surface area contributed by atoms with Gasteiger partial charge in [0.2, 0.25) is 0 Å². The molecule has 2 aromatic heterocycles. The number of hydrogen-bond acceptors (Lipinski definition) is 6. The van der Waals surface area contributed by atoms with Gasteiger partial charge in [-0.15, -0.1) is 16.4 Å². The Balaban J connectivity index is 1.38. The van der Waals surface area contributed by atoms with Gasteiger partial charge in [-0.1, -0.05) is 5.21 Å². The summed E-state index contributed by atoms with van der Waals surface area (Å²) < 4.78 is 16.3. The van der Waals surface area contributed by atoms with Crippen LogP contribution in [0.1, 0.15) is 58.2 Å². The molecule has 0 saturated heterocycles. The van der Waals surface area contributed by atoms with Gasteiger partial charge in [0.15, 0.2) is 0 Å². The van der Waals surface area contributed by atoms with Crippen molar-refractivity contribution in [3.05, 3.63) is 27.5 Å². The molecule has 158 valence electrons. The largest absolute Gasteiger partial charge is 0.481 e. The van der Waals surface area contributed by atoms with Gasteiger partial charge in [-0.25, -0.2) is 14.1 Å². The van der Waals surface area contributed by atoms with Crippen molar-refractivity contribution >= 4 is 23.2 Å². The fourth-order valence-electron chi connectivity index (χ4n) is 3.71. The maximum Gasteiger partial charge on any atom is 0.306 e. The number of aromatic nitrogens is 4. The molecule has 29 heavy (non-hydrogen) atoms. The second kappa shape index (κ2) is 8.98. The summed E-state index contributed by atoms with van der Waals surface area (Å²) in [5.41, 5.74) is -0.0170. The number of amides is 1. The van der Waals surface area contributed by atoms with Crippen molar-refractivity contribution in [3.8, 4) is 0 Å². The number of unbranched alkanes of at least 4 members (excludes halogenated alkanes) is 1. The molecule has 0 spiro atoms. The van der Waals surface area contributed by atoms with E-state index in [1.807, 2.05) is 13.8 Å². The predicted octanol–water partition coefficient (Wildman–Crippen LogP) is 2.70. The van der Waals surface area contributed by atoms with Gasteiger partial charge in [0.1, 0.15) is 10.5 Å². The van der Waals surface area contributed by atoms with Crippen LogP contribution in [0.3, 0.4) is 0 Å². The van der Waals surface area contributed by atoms with E-state index in [1.165, 1.54) is 16.0 Å². The number of carboxylic acids is 1. The minimum absolute atomic E-state index is 0.0238. The molecule has 0 aromatic carbocycles. The highest BCUT2D eigenvalue weighted by molar-refractivity contribution is 7.13. The summed E-state index contributed by atoms with van der Waals surface area (Å²) in [5.74, 6) is -1.64. The zero-order valence-corrected chi connectivity index (χ0v) is 17.5. The number of carboxylic acid groups (broad SMARTS) is 1. The first-order chi connectivity index (χ1) is 13.8. The molecule has 2 aromatic rings. The van der Waals surface area contributed by atoms with Crippen molar-refractivity contribution in [3.63, 3.8) is 0 Å². The SMILES string of the molecule is Cc1nc(C)c(C(=O)NCCCCc2cn(C[C@@]3(F)CC[C@@H](C(=O)O)C3)nn2)s1. The van der Waals surface area contributed by atoms with Gasteiger partial charge in [-0.05, 0) is 52.4 Å². The number of carbonyl (C=O) groups is 2. The Bertz CT molecular complexity index is 883. The molecule has 0 radical (unpaired) electrons. The maximum absolute atomic E-state index is 14.8. The van der Waals surface area contributed by atoms with E-state index in [4.69, 9.17) is 5.11 Å². The Labute approximate surface area is 172 Å². The Morgan fingerprint density at radius 2 is 2.21 bits per heavy atom. The zero-order chi connectivity index (χ0) is 21.0. The standard InChI is InChI=1S/C19H26FN5O3S/c1-12-16(29-13(2)22-12)17(26)21-8-4-3-5-15-10-25(24-23-15)11-19(20)7-6-14(9-19)18(27)28/h10,14H,3-9,11H2,1-2H3,(H,21,26)(H,27,28)/t14-,19-/m1/s1. The van der Waals surface area contributed by atoms with Crippen molar-refractivity contribution in [1.29, 1.82) is 0 Å². The van der Waals surface area contributed by atoms with Crippen LogP contribution in [0.4, 0.5) is 4.39 Å². The van der Waals surface area contributed by atoms with Crippen LogP contribution in [0.2, 0.25) is 0 Å². The first-order valence-corrected chi connectivity index (χ1v) is 10.6. The molecule has 2 atom stereocenters. The minimum Gasteiger partial charge on any atom is -0.481 e. The summed E-state index contributed by atoms with van der Waals surface area (Å²) in [6, 6.07) is 0. The van der Waals surface area contributed by atoms with E-state index in [1.54, 1.807) is 6.20 Å². The Kier molecular flexibility index (Phi) is 6.61. The summed E-state index contributed by atoms with van der Waals surface area (Å²) in [6.45, 7) is 4.31. The number of carbonyl (C=O) groups excluding carboxylic acids is 1. The van der Waals surface area contributed by atoms with E-state index >= 15 is 0 Å². The molecule has 1 fully saturated rings. The topological polar surface area (TPSA) is 110 Å². The monoisotopic (exact) mass is 423 g/mol. The van der Waals surface area contributed by atoms with Gasteiger partial charge < -0.3 is 10.4 Å². The van der Waals surface area contributed by atoms with Gasteiger partial charge in [0.25, 0.3) is 5.91 Å². The molecule has 10 heteroatoms. The van der Waals surface area contributed by atoms with E-state index in [9.17, 15) is 14.0 Å². The highest BCUT2D eigenvalue weighted by atomic mass is 32.1. The third-order valence-electron chi connectivity index (χ3n) is 5.19. The molecule has 1 aliphatic carbocycles. The molecule has 1 saturated carbocycles. The molecule has 0 bridgehead atoms. The first-order valence-electron chi connectivity index (χ1n) is 9.79. The molecule has 0 aliphatic heterocycles. The summed E-state index contributed by atoms with van der Waals surface area (Å²) in [4.78, 5) is 28.1. The molecule has 8 nitrogen and oxygen atoms in total. The van der Waals surface area contributed by atoms with Crippen molar-refractivity contribution in [2.24, 2.45) is 5.92 Å². The number of halogens is 1. The minimum atomic E-state index is -1.54. The highest BCUT2D eigenvalue weighted by Crippen LogP contribution is 2.39. The third-order valence-corrected chi connectivity index (χ3v) is 6.26. The number of nitrogens with zero attached hydrogens (tertiary/aromatic N) is 4. The van der Waals surface area contributed by atoms with Crippen molar-refractivity contribution in [2.75, 3.05) is 6.54 Å². The number of aryl methyl sites for hydroxylation is 3. The number of alkyl halides is 1. The van der Waals surface area contributed by atoms with E-state index in [0.29, 0.717) is 24.3 Å². The molecule has 1 amide bonds. The second-order valence-electron chi connectivity index (χ2n) is 7.70. The van der Waals surface area contributed by atoms with Gasteiger partial charge in [-0.3, -0.25) is 9.59 Å². The highest BCUT2D eigenvalue weighted by Gasteiger charge is 2.43. The maximum atomic E-state index is 14.8. The van der Waals surface area contributed by atoms with Crippen LogP contribution in [-0.4, -0.2) is 49.2 Å². The summed E-state index contributed by atoms with van der Waals surface area (Å²) in [6.07, 6.45) is 4.64.